The molecule has 0 saturated heterocycles. The highest BCUT2D eigenvalue weighted by Gasteiger charge is 2.18. The first-order valence-electron chi connectivity index (χ1n) is 4.36. The van der Waals surface area contributed by atoms with Crippen LogP contribution in [0.1, 0.15) is 25.3 Å². The number of hydrogen-bond donors (Lipinski definition) is 1. The summed E-state index contributed by atoms with van der Waals surface area (Å²) in [4.78, 5) is 10.2. The van der Waals surface area contributed by atoms with E-state index in [1.807, 2.05) is 13.8 Å². The molecule has 0 atom stereocenters. The molecule has 0 aliphatic heterocycles. The van der Waals surface area contributed by atoms with Gasteiger partial charge >= 0.3 is 0 Å². The van der Waals surface area contributed by atoms with Crippen LogP contribution < -0.4 is 3.82 Å². The molecule has 0 fully saturated rings. The maximum atomic E-state index is 10.7. The van der Waals surface area contributed by atoms with Crippen LogP contribution in [0.5, 0.6) is 0 Å². The third-order valence-electron chi connectivity index (χ3n) is 2.06. The van der Waals surface area contributed by atoms with Gasteiger partial charge in [0.2, 0.25) is 0 Å². The zero-order chi connectivity index (χ0) is 11.6. The van der Waals surface area contributed by atoms with Crippen molar-refractivity contribution in [3.8, 4) is 0 Å². The van der Waals surface area contributed by atoms with Gasteiger partial charge in [0.15, 0.2) is 0 Å². The Kier molecular flexibility index (Phi) is 3.82. The van der Waals surface area contributed by atoms with Gasteiger partial charge in [0.25, 0.3) is 5.69 Å². The number of hydrogen-bond acceptors (Lipinski definition) is 4. The lowest BCUT2D eigenvalue weighted by molar-refractivity contribution is -0.384. The Morgan fingerprint density at radius 2 is 2.13 bits per heavy atom. The van der Waals surface area contributed by atoms with Crippen LogP contribution in [-0.4, -0.2) is 4.92 Å². The van der Waals surface area contributed by atoms with E-state index in [2.05, 4.69) is 12.8 Å². The molecule has 0 aromatic heterocycles. The van der Waals surface area contributed by atoms with Crippen LogP contribution in [0.15, 0.2) is 18.2 Å². The maximum absolute atomic E-state index is 10.7. The second-order valence-electron chi connectivity index (χ2n) is 3.42. The normalized spacial score (nSPS) is 10.5. The van der Waals surface area contributed by atoms with Crippen molar-refractivity contribution < 1.29 is 4.92 Å². The van der Waals surface area contributed by atoms with Gasteiger partial charge in [-0.05, 0) is 30.4 Å². The van der Waals surface area contributed by atoms with Gasteiger partial charge in [-0.2, -0.15) is 0 Å². The van der Waals surface area contributed by atoms with Crippen molar-refractivity contribution in [1.82, 2.24) is 0 Å². The summed E-state index contributed by atoms with van der Waals surface area (Å²) in [6.45, 7) is 4.00. The van der Waals surface area contributed by atoms with Crippen LogP contribution in [0.3, 0.4) is 0 Å². The first-order chi connectivity index (χ1) is 6.93. The molecule has 0 aliphatic rings. The fourth-order valence-electron chi connectivity index (χ4n) is 1.20. The van der Waals surface area contributed by atoms with Crippen molar-refractivity contribution in [3.63, 3.8) is 0 Å². The predicted octanol–water partition coefficient (Wildman–Crippen LogP) is 3.52. The van der Waals surface area contributed by atoms with E-state index >= 15 is 0 Å². The minimum atomic E-state index is -0.481. The molecule has 0 radical (unpaired) electrons. The van der Waals surface area contributed by atoms with E-state index in [1.165, 1.54) is 6.07 Å². The molecule has 4 nitrogen and oxygen atoms in total. The molecule has 0 aliphatic carbocycles. The minimum absolute atomic E-state index is 0.0515. The number of nitro benzene ring substituents is 1. The van der Waals surface area contributed by atoms with Gasteiger partial charge in [0.1, 0.15) is 5.69 Å². The Labute approximate surface area is 98.6 Å². The van der Waals surface area contributed by atoms with Crippen molar-refractivity contribution in [2.75, 3.05) is 3.82 Å². The van der Waals surface area contributed by atoms with Crippen LogP contribution >= 0.6 is 24.6 Å². The molecule has 82 valence electrons. The molecule has 0 N–H and O–H groups in total. The molecule has 1 aromatic carbocycles. The predicted molar refractivity (Wildman–Crippen MR) is 64.5 cm³/mol. The molecular formula is C9H11ClN2O2S. The zero-order valence-electron chi connectivity index (χ0n) is 8.35. The number of nitro groups is 1. The quantitative estimate of drug-likeness (QED) is 0.384. The summed E-state index contributed by atoms with van der Waals surface area (Å²) in [6.07, 6.45) is 0. The lowest BCUT2D eigenvalue weighted by Crippen LogP contribution is -2.00. The number of thiol groups is 1. The minimum Gasteiger partial charge on any atom is -0.258 e. The Morgan fingerprint density at radius 3 is 2.53 bits per heavy atom. The molecule has 0 heterocycles. The summed E-state index contributed by atoms with van der Waals surface area (Å²) in [5, 5.41) is 10.7. The maximum Gasteiger partial charge on any atom is 0.294 e. The summed E-state index contributed by atoms with van der Waals surface area (Å²) in [5.74, 6) is 0.287. The van der Waals surface area contributed by atoms with E-state index in [-0.39, 0.29) is 17.3 Å². The van der Waals surface area contributed by atoms with E-state index in [0.29, 0.717) is 0 Å². The Morgan fingerprint density at radius 1 is 1.53 bits per heavy atom. The molecule has 1 rings (SSSR count). The highest BCUT2D eigenvalue weighted by atomic mass is 35.5. The topological polar surface area (TPSA) is 46.4 Å². The van der Waals surface area contributed by atoms with Crippen LogP contribution in [-0.2, 0) is 0 Å². The fourth-order valence-corrected chi connectivity index (χ4v) is 1.50. The van der Waals surface area contributed by atoms with Crippen molar-refractivity contribution in [3.05, 3.63) is 33.9 Å². The number of rotatable bonds is 3. The SMILES string of the molecule is CC(C)c1ccc([N+](=O)[O-])c(N(S)Cl)c1. The second-order valence-corrected chi connectivity index (χ2v) is 4.39. The standard InChI is InChI=1S/C9H11ClN2O2S/c1-6(2)7-3-4-8(12(13)14)9(5-7)11(10)15/h3-6,15H,1-2H3. The lowest BCUT2D eigenvalue weighted by Gasteiger charge is -2.11. The molecule has 15 heavy (non-hydrogen) atoms. The summed E-state index contributed by atoms with van der Waals surface area (Å²) >= 11 is 9.48. The summed E-state index contributed by atoms with van der Waals surface area (Å²) in [6, 6.07) is 4.83. The highest BCUT2D eigenvalue weighted by Crippen LogP contribution is 2.33. The van der Waals surface area contributed by atoms with E-state index in [4.69, 9.17) is 11.8 Å². The lowest BCUT2D eigenvalue weighted by atomic mass is 10.0. The van der Waals surface area contributed by atoms with E-state index in [9.17, 15) is 10.1 Å². The van der Waals surface area contributed by atoms with Gasteiger partial charge in [-0.25, -0.2) is 3.82 Å². The molecule has 0 amide bonds. The Hall–Kier alpha value is -0.940. The van der Waals surface area contributed by atoms with Crippen molar-refractivity contribution in [2.45, 2.75) is 19.8 Å². The van der Waals surface area contributed by atoms with Crippen molar-refractivity contribution in [2.24, 2.45) is 0 Å². The summed E-state index contributed by atoms with van der Waals surface area (Å²) in [5.41, 5.74) is 1.22. The average Bonchev–Trinajstić information content (AvgIpc) is 2.16. The van der Waals surface area contributed by atoms with E-state index < -0.39 is 4.92 Å². The van der Waals surface area contributed by atoms with E-state index in [0.717, 1.165) is 9.39 Å². The number of benzene rings is 1. The zero-order valence-corrected chi connectivity index (χ0v) is 10.00. The van der Waals surface area contributed by atoms with Crippen LogP contribution in [0, 0.1) is 10.1 Å². The van der Waals surface area contributed by atoms with Gasteiger partial charge in [-0.3, -0.25) is 10.1 Å². The molecule has 6 heteroatoms. The van der Waals surface area contributed by atoms with Crippen LogP contribution in [0.25, 0.3) is 0 Å². The van der Waals surface area contributed by atoms with Gasteiger partial charge < -0.3 is 0 Å². The molecule has 0 bridgehead atoms. The van der Waals surface area contributed by atoms with Gasteiger partial charge in [0, 0.05) is 17.8 Å². The van der Waals surface area contributed by atoms with Crippen LogP contribution in [0.2, 0.25) is 0 Å². The third kappa shape index (κ3) is 2.76. The van der Waals surface area contributed by atoms with Gasteiger partial charge in [0.05, 0.1) is 4.92 Å². The highest BCUT2D eigenvalue weighted by molar-refractivity contribution is 7.83. The number of anilines is 1. The number of halogens is 1. The van der Waals surface area contributed by atoms with Crippen LogP contribution in [0.4, 0.5) is 11.4 Å². The Bertz CT molecular complexity index is 382. The molecule has 0 saturated carbocycles. The molecular weight excluding hydrogens is 236 g/mol. The largest absolute Gasteiger partial charge is 0.294 e. The smallest absolute Gasteiger partial charge is 0.258 e. The van der Waals surface area contributed by atoms with Gasteiger partial charge in [-0.1, -0.05) is 19.9 Å². The van der Waals surface area contributed by atoms with E-state index in [1.54, 1.807) is 12.1 Å². The molecule has 1 aromatic rings. The third-order valence-corrected chi connectivity index (χ3v) is 2.46. The number of nitrogens with zero attached hydrogens (tertiary/aromatic N) is 2. The fraction of sp³-hybridized carbons (Fsp3) is 0.333. The second kappa shape index (κ2) is 4.72. The summed E-state index contributed by atoms with van der Waals surface area (Å²) < 4.78 is 0.935. The van der Waals surface area contributed by atoms with Crippen molar-refractivity contribution in [1.29, 1.82) is 0 Å². The van der Waals surface area contributed by atoms with Gasteiger partial charge in [-0.15, -0.1) is 0 Å². The monoisotopic (exact) mass is 246 g/mol. The molecule has 0 spiro atoms. The Balaban J connectivity index is 3.27. The first-order valence-corrected chi connectivity index (χ1v) is 5.10. The molecule has 0 unspecified atom stereocenters. The summed E-state index contributed by atoms with van der Waals surface area (Å²) in [7, 11) is 0. The average molecular weight is 247 g/mol. The van der Waals surface area contributed by atoms with Crippen molar-refractivity contribution >= 4 is 36.0 Å². The first kappa shape index (κ1) is 12.1.